The van der Waals surface area contributed by atoms with Gasteiger partial charge in [-0.05, 0) is 49.4 Å². The van der Waals surface area contributed by atoms with Gasteiger partial charge in [0.2, 0.25) is 0 Å². The van der Waals surface area contributed by atoms with Gasteiger partial charge in [0.25, 0.3) is 0 Å². The largest absolute Gasteiger partial charge is 0.416 e. The topological polar surface area (TPSA) is 12.0 Å². The predicted octanol–water partition coefficient (Wildman–Crippen LogP) is 4.40. The number of benzene rings is 1. The van der Waals surface area contributed by atoms with Crippen LogP contribution < -0.4 is 5.32 Å². The van der Waals surface area contributed by atoms with Crippen LogP contribution in [0.2, 0.25) is 0 Å². The molecule has 1 fully saturated rings. The molecular weight excluding hydrogens is 251 g/mol. The van der Waals surface area contributed by atoms with Crippen molar-refractivity contribution >= 4 is 0 Å². The molecule has 0 amide bonds. The number of halogens is 3. The Morgan fingerprint density at radius 3 is 2.53 bits per heavy atom. The van der Waals surface area contributed by atoms with Gasteiger partial charge in [-0.15, -0.1) is 0 Å². The molecular formula is C15H20F3N. The van der Waals surface area contributed by atoms with Gasteiger partial charge < -0.3 is 5.32 Å². The molecule has 0 aliphatic heterocycles. The van der Waals surface area contributed by atoms with Gasteiger partial charge in [0.1, 0.15) is 0 Å². The quantitative estimate of drug-likeness (QED) is 0.859. The number of hydrogen-bond acceptors (Lipinski definition) is 1. The minimum atomic E-state index is -4.27. The third-order valence-corrected chi connectivity index (χ3v) is 4.09. The first kappa shape index (κ1) is 14.4. The van der Waals surface area contributed by atoms with Crippen LogP contribution in [0.4, 0.5) is 13.2 Å². The molecule has 0 aromatic heterocycles. The molecule has 3 atom stereocenters. The third-order valence-electron chi connectivity index (χ3n) is 4.09. The van der Waals surface area contributed by atoms with E-state index in [4.69, 9.17) is 0 Å². The molecule has 0 radical (unpaired) electrons. The first-order valence-electron chi connectivity index (χ1n) is 6.76. The zero-order valence-electron chi connectivity index (χ0n) is 11.3. The van der Waals surface area contributed by atoms with E-state index in [0.717, 1.165) is 24.5 Å². The summed E-state index contributed by atoms with van der Waals surface area (Å²) in [5.41, 5.74) is 0.188. The summed E-state index contributed by atoms with van der Waals surface area (Å²) >= 11 is 0. The van der Waals surface area contributed by atoms with E-state index in [-0.39, 0.29) is 6.04 Å². The van der Waals surface area contributed by atoms with Crippen molar-refractivity contribution in [3.05, 3.63) is 35.4 Å². The second-order valence-corrected chi connectivity index (χ2v) is 5.57. The first-order valence-corrected chi connectivity index (χ1v) is 6.76. The molecule has 1 saturated carbocycles. The summed E-state index contributed by atoms with van der Waals surface area (Å²) in [6.07, 6.45) is -0.927. The van der Waals surface area contributed by atoms with E-state index in [2.05, 4.69) is 12.2 Å². The Hall–Kier alpha value is -1.03. The average Bonchev–Trinajstić information content (AvgIpc) is 2.76. The minimum Gasteiger partial charge on any atom is -0.313 e. The summed E-state index contributed by atoms with van der Waals surface area (Å²) in [5.74, 6) is 1.11. The standard InChI is InChI=1S/C15H20F3N/c1-10-6-7-12(8-10)14(19-2)11-4-3-5-13(9-11)15(16,17)18/h3-5,9-10,12,14,19H,6-8H2,1-2H3. The molecule has 0 bridgehead atoms. The zero-order chi connectivity index (χ0) is 14.0. The van der Waals surface area contributed by atoms with Crippen LogP contribution in [0, 0.1) is 11.8 Å². The average molecular weight is 271 g/mol. The molecule has 4 heteroatoms. The predicted molar refractivity (Wildman–Crippen MR) is 69.7 cm³/mol. The van der Waals surface area contributed by atoms with Crippen molar-refractivity contribution in [3.8, 4) is 0 Å². The van der Waals surface area contributed by atoms with E-state index in [9.17, 15) is 13.2 Å². The van der Waals surface area contributed by atoms with E-state index < -0.39 is 11.7 Å². The Kier molecular flexibility index (Phi) is 4.19. The van der Waals surface area contributed by atoms with Crippen LogP contribution in [0.3, 0.4) is 0 Å². The summed E-state index contributed by atoms with van der Waals surface area (Å²) < 4.78 is 38.3. The number of nitrogens with one attached hydrogen (secondary N) is 1. The first-order chi connectivity index (χ1) is 8.91. The van der Waals surface area contributed by atoms with Crippen LogP contribution in [-0.2, 0) is 6.18 Å². The molecule has 1 aromatic carbocycles. The Morgan fingerprint density at radius 1 is 1.26 bits per heavy atom. The number of rotatable bonds is 3. The van der Waals surface area contributed by atoms with E-state index in [1.54, 1.807) is 6.07 Å². The smallest absolute Gasteiger partial charge is 0.313 e. The summed E-state index contributed by atoms with van der Waals surface area (Å²) in [5, 5.41) is 3.19. The highest BCUT2D eigenvalue weighted by Crippen LogP contribution is 2.40. The molecule has 1 aliphatic carbocycles. The van der Waals surface area contributed by atoms with Gasteiger partial charge in [0.15, 0.2) is 0 Å². The van der Waals surface area contributed by atoms with Gasteiger partial charge in [-0.2, -0.15) is 13.2 Å². The maximum absolute atomic E-state index is 12.8. The van der Waals surface area contributed by atoms with Crippen molar-refractivity contribution in [2.45, 2.75) is 38.4 Å². The summed E-state index contributed by atoms with van der Waals surface area (Å²) in [6, 6.07) is 5.73. The Balaban J connectivity index is 2.23. The van der Waals surface area contributed by atoms with Crippen molar-refractivity contribution < 1.29 is 13.2 Å². The van der Waals surface area contributed by atoms with Gasteiger partial charge in [0, 0.05) is 6.04 Å². The van der Waals surface area contributed by atoms with Crippen molar-refractivity contribution in [2.24, 2.45) is 11.8 Å². The van der Waals surface area contributed by atoms with E-state index in [1.807, 2.05) is 7.05 Å². The van der Waals surface area contributed by atoms with E-state index >= 15 is 0 Å². The minimum absolute atomic E-state index is 0.0206. The lowest BCUT2D eigenvalue weighted by Crippen LogP contribution is -2.24. The molecule has 19 heavy (non-hydrogen) atoms. The lowest BCUT2D eigenvalue weighted by atomic mass is 9.90. The third kappa shape index (κ3) is 3.30. The van der Waals surface area contributed by atoms with Crippen molar-refractivity contribution in [1.82, 2.24) is 5.32 Å². The van der Waals surface area contributed by atoms with Gasteiger partial charge in [-0.25, -0.2) is 0 Å². The Morgan fingerprint density at radius 2 is 2.00 bits per heavy atom. The van der Waals surface area contributed by atoms with Gasteiger partial charge >= 0.3 is 6.18 Å². The molecule has 1 aromatic rings. The highest BCUT2D eigenvalue weighted by molar-refractivity contribution is 5.28. The molecule has 1 aliphatic rings. The van der Waals surface area contributed by atoms with Gasteiger partial charge in [0.05, 0.1) is 5.56 Å². The van der Waals surface area contributed by atoms with Crippen LogP contribution in [0.25, 0.3) is 0 Å². The van der Waals surface area contributed by atoms with Crippen LogP contribution in [0.1, 0.15) is 43.4 Å². The number of hydrogen-bond donors (Lipinski definition) is 1. The lowest BCUT2D eigenvalue weighted by molar-refractivity contribution is -0.137. The fraction of sp³-hybridized carbons (Fsp3) is 0.600. The second-order valence-electron chi connectivity index (χ2n) is 5.57. The fourth-order valence-electron chi connectivity index (χ4n) is 3.14. The van der Waals surface area contributed by atoms with Crippen molar-refractivity contribution in [2.75, 3.05) is 7.05 Å². The number of alkyl halides is 3. The van der Waals surface area contributed by atoms with Crippen LogP contribution >= 0.6 is 0 Å². The van der Waals surface area contributed by atoms with Gasteiger partial charge in [-0.3, -0.25) is 0 Å². The van der Waals surface area contributed by atoms with Crippen LogP contribution in [-0.4, -0.2) is 7.05 Å². The molecule has 2 rings (SSSR count). The molecule has 106 valence electrons. The van der Waals surface area contributed by atoms with Crippen molar-refractivity contribution in [3.63, 3.8) is 0 Å². The maximum Gasteiger partial charge on any atom is 0.416 e. The molecule has 0 heterocycles. The molecule has 1 N–H and O–H groups in total. The van der Waals surface area contributed by atoms with Crippen molar-refractivity contribution in [1.29, 1.82) is 0 Å². The van der Waals surface area contributed by atoms with Crippen LogP contribution in [0.15, 0.2) is 24.3 Å². The highest BCUT2D eigenvalue weighted by atomic mass is 19.4. The van der Waals surface area contributed by atoms with E-state index in [1.165, 1.54) is 18.6 Å². The molecule has 0 saturated heterocycles. The normalized spacial score (nSPS) is 25.5. The second kappa shape index (κ2) is 5.53. The SMILES string of the molecule is CNC(c1cccc(C(F)(F)F)c1)C1CCC(C)C1. The highest BCUT2D eigenvalue weighted by Gasteiger charge is 2.33. The molecule has 0 spiro atoms. The summed E-state index contributed by atoms with van der Waals surface area (Å²) in [6.45, 7) is 2.21. The summed E-state index contributed by atoms with van der Waals surface area (Å²) in [4.78, 5) is 0. The van der Waals surface area contributed by atoms with Crippen LogP contribution in [0.5, 0.6) is 0 Å². The summed E-state index contributed by atoms with van der Waals surface area (Å²) in [7, 11) is 1.83. The maximum atomic E-state index is 12.8. The van der Waals surface area contributed by atoms with E-state index in [0.29, 0.717) is 11.8 Å². The zero-order valence-corrected chi connectivity index (χ0v) is 11.3. The fourth-order valence-corrected chi connectivity index (χ4v) is 3.14. The molecule has 1 nitrogen and oxygen atoms in total. The Labute approximate surface area is 112 Å². The lowest BCUT2D eigenvalue weighted by Gasteiger charge is -2.24. The van der Waals surface area contributed by atoms with Gasteiger partial charge in [-0.1, -0.05) is 25.5 Å². The molecule has 3 unspecified atom stereocenters. The monoisotopic (exact) mass is 271 g/mol. The Bertz CT molecular complexity index is 428.